The van der Waals surface area contributed by atoms with Gasteiger partial charge in [-0.25, -0.2) is 0 Å². The Bertz CT molecular complexity index is 689. The van der Waals surface area contributed by atoms with Crippen LogP contribution in [0.2, 0.25) is 0 Å². The van der Waals surface area contributed by atoms with Gasteiger partial charge in [-0.05, 0) is 69.1 Å². The van der Waals surface area contributed by atoms with E-state index in [1.807, 2.05) is 20.8 Å². The SMILES string of the molecule is CC(C)(C)OC(=O)C1C2CC(C1OS(C)(=O)=O)C1C3C=CC(C3)C21. The van der Waals surface area contributed by atoms with Crippen molar-refractivity contribution in [1.29, 1.82) is 0 Å². The van der Waals surface area contributed by atoms with Crippen LogP contribution in [0.3, 0.4) is 0 Å². The lowest BCUT2D eigenvalue weighted by atomic mass is 9.68. The lowest BCUT2D eigenvalue weighted by Gasteiger charge is -2.40. The highest BCUT2D eigenvalue weighted by Crippen LogP contribution is 2.67. The van der Waals surface area contributed by atoms with Gasteiger partial charge in [0.25, 0.3) is 10.1 Å². The Balaban J connectivity index is 1.66. The molecule has 0 aromatic heterocycles. The van der Waals surface area contributed by atoms with Crippen molar-refractivity contribution in [3.05, 3.63) is 12.2 Å². The molecule has 8 atom stereocenters. The van der Waals surface area contributed by atoms with Crippen LogP contribution in [0.1, 0.15) is 33.6 Å². The maximum atomic E-state index is 12.8. The normalized spacial score (nSPS) is 45.7. The van der Waals surface area contributed by atoms with Crippen LogP contribution >= 0.6 is 0 Å². The summed E-state index contributed by atoms with van der Waals surface area (Å²) in [6, 6.07) is 0. The molecule has 0 heterocycles. The van der Waals surface area contributed by atoms with Gasteiger partial charge in [0, 0.05) is 0 Å². The molecule has 4 aliphatic carbocycles. The highest BCUT2D eigenvalue weighted by molar-refractivity contribution is 7.86. The molecular weight excluding hydrogens is 328 g/mol. The number of fused-ring (bicyclic) bond motifs is 9. The minimum Gasteiger partial charge on any atom is -0.460 e. The molecule has 134 valence electrons. The molecule has 0 N–H and O–H groups in total. The quantitative estimate of drug-likeness (QED) is 0.337. The zero-order valence-corrected chi connectivity index (χ0v) is 15.5. The molecule has 4 rings (SSSR count). The van der Waals surface area contributed by atoms with Crippen molar-refractivity contribution in [2.75, 3.05) is 6.26 Å². The van der Waals surface area contributed by atoms with Crippen LogP contribution in [0, 0.1) is 41.4 Å². The molecule has 3 saturated carbocycles. The van der Waals surface area contributed by atoms with Crippen LogP contribution in [-0.4, -0.2) is 32.3 Å². The minimum absolute atomic E-state index is 0.146. The van der Waals surface area contributed by atoms with E-state index in [0.29, 0.717) is 23.7 Å². The average molecular weight is 354 g/mol. The second kappa shape index (κ2) is 5.07. The Kier molecular flexibility index (Phi) is 3.50. The number of allylic oxidation sites excluding steroid dienone is 2. The Hall–Kier alpha value is -0.880. The Morgan fingerprint density at radius 3 is 2.17 bits per heavy atom. The first-order chi connectivity index (χ1) is 11.1. The summed E-state index contributed by atoms with van der Waals surface area (Å²) in [6.45, 7) is 5.52. The van der Waals surface area contributed by atoms with Crippen molar-refractivity contribution in [3.8, 4) is 0 Å². The number of hydrogen-bond acceptors (Lipinski definition) is 5. The molecule has 5 nitrogen and oxygen atoms in total. The summed E-state index contributed by atoms with van der Waals surface area (Å²) in [5, 5.41) is 0. The summed E-state index contributed by atoms with van der Waals surface area (Å²) in [7, 11) is -3.61. The molecule has 0 radical (unpaired) electrons. The van der Waals surface area contributed by atoms with Gasteiger partial charge in [0.2, 0.25) is 0 Å². The lowest BCUT2D eigenvalue weighted by Crippen LogP contribution is -2.47. The number of rotatable bonds is 3. The van der Waals surface area contributed by atoms with Crippen molar-refractivity contribution in [3.63, 3.8) is 0 Å². The fourth-order valence-electron chi connectivity index (χ4n) is 5.99. The number of carbonyl (C=O) groups excluding carboxylic acids is 1. The molecule has 3 fully saturated rings. The van der Waals surface area contributed by atoms with Gasteiger partial charge >= 0.3 is 5.97 Å². The zero-order chi connectivity index (χ0) is 17.4. The summed E-state index contributed by atoms with van der Waals surface area (Å²) >= 11 is 0. The second-order valence-corrected chi connectivity index (χ2v) is 10.6. The summed E-state index contributed by atoms with van der Waals surface area (Å²) in [6.07, 6.45) is 7.12. The number of esters is 1. The van der Waals surface area contributed by atoms with Crippen LogP contribution in [0.15, 0.2) is 12.2 Å². The lowest BCUT2D eigenvalue weighted by molar-refractivity contribution is -0.167. The first-order valence-corrected chi connectivity index (χ1v) is 10.7. The third-order valence-electron chi connectivity index (χ3n) is 6.32. The number of carbonyl (C=O) groups is 1. The van der Waals surface area contributed by atoms with Crippen LogP contribution in [0.25, 0.3) is 0 Å². The molecule has 0 amide bonds. The largest absolute Gasteiger partial charge is 0.460 e. The van der Waals surface area contributed by atoms with E-state index in [1.54, 1.807) is 0 Å². The van der Waals surface area contributed by atoms with Gasteiger partial charge < -0.3 is 4.74 Å². The van der Waals surface area contributed by atoms with Gasteiger partial charge in [0.15, 0.2) is 0 Å². The van der Waals surface area contributed by atoms with E-state index in [-0.39, 0.29) is 17.8 Å². The van der Waals surface area contributed by atoms with E-state index >= 15 is 0 Å². The second-order valence-electron chi connectivity index (χ2n) is 8.99. The van der Waals surface area contributed by atoms with Gasteiger partial charge in [-0.3, -0.25) is 8.98 Å². The molecule has 0 aliphatic heterocycles. The first kappa shape index (κ1) is 16.6. The zero-order valence-electron chi connectivity index (χ0n) is 14.6. The first-order valence-electron chi connectivity index (χ1n) is 8.84. The van der Waals surface area contributed by atoms with Crippen molar-refractivity contribution >= 4 is 16.1 Å². The average Bonchev–Trinajstić information content (AvgIpc) is 3.11. The molecule has 0 spiro atoms. The summed E-state index contributed by atoms with van der Waals surface area (Å²) < 4.78 is 34.6. The van der Waals surface area contributed by atoms with E-state index in [2.05, 4.69) is 12.2 Å². The van der Waals surface area contributed by atoms with Gasteiger partial charge in [0.05, 0.1) is 18.3 Å². The van der Waals surface area contributed by atoms with Gasteiger partial charge in [-0.1, -0.05) is 12.2 Å². The molecule has 0 saturated heterocycles. The van der Waals surface area contributed by atoms with Gasteiger partial charge in [-0.2, -0.15) is 8.42 Å². The Morgan fingerprint density at radius 2 is 1.62 bits per heavy atom. The molecule has 4 aliphatic rings. The van der Waals surface area contributed by atoms with E-state index in [9.17, 15) is 13.2 Å². The molecule has 6 heteroatoms. The molecule has 8 unspecified atom stereocenters. The third-order valence-corrected chi connectivity index (χ3v) is 6.89. The summed E-state index contributed by atoms with van der Waals surface area (Å²) in [5.74, 6) is 1.59. The number of hydrogen-bond donors (Lipinski definition) is 0. The Labute approximate surface area is 143 Å². The summed E-state index contributed by atoms with van der Waals surface area (Å²) in [4.78, 5) is 12.8. The topological polar surface area (TPSA) is 69.7 Å². The van der Waals surface area contributed by atoms with Crippen molar-refractivity contribution < 1.29 is 22.1 Å². The molecule has 24 heavy (non-hydrogen) atoms. The highest BCUT2D eigenvalue weighted by atomic mass is 32.2. The Morgan fingerprint density at radius 1 is 1.04 bits per heavy atom. The van der Waals surface area contributed by atoms with E-state index in [4.69, 9.17) is 8.92 Å². The van der Waals surface area contributed by atoms with E-state index < -0.39 is 27.7 Å². The molecule has 0 aromatic carbocycles. The standard InChI is InChI=1S/C18H26O5S/c1-18(2,3)22-17(19)15-11-8-12(16(15)23-24(4,20)21)14-10-6-5-9(7-10)13(11)14/h5-6,9-16H,7-8H2,1-4H3. The summed E-state index contributed by atoms with van der Waals surface area (Å²) in [5.41, 5.74) is -0.581. The maximum Gasteiger partial charge on any atom is 0.312 e. The van der Waals surface area contributed by atoms with Crippen molar-refractivity contribution in [2.45, 2.75) is 45.3 Å². The predicted octanol–water partition coefficient (Wildman–Crippen LogP) is 2.38. The van der Waals surface area contributed by atoms with Crippen LogP contribution in [0.5, 0.6) is 0 Å². The van der Waals surface area contributed by atoms with Crippen LogP contribution in [-0.2, 0) is 23.8 Å². The van der Waals surface area contributed by atoms with E-state index in [1.165, 1.54) is 0 Å². The third kappa shape index (κ3) is 2.53. The molecule has 0 aromatic rings. The smallest absolute Gasteiger partial charge is 0.312 e. The van der Waals surface area contributed by atoms with Gasteiger partial charge in [0.1, 0.15) is 5.60 Å². The monoisotopic (exact) mass is 354 g/mol. The van der Waals surface area contributed by atoms with Crippen LogP contribution in [0.4, 0.5) is 0 Å². The molecular formula is C18H26O5S. The molecule has 4 bridgehead atoms. The minimum atomic E-state index is -3.61. The highest BCUT2D eigenvalue weighted by Gasteiger charge is 2.67. The fraction of sp³-hybridized carbons (Fsp3) is 0.833. The number of ether oxygens (including phenoxy) is 1. The van der Waals surface area contributed by atoms with Crippen LogP contribution < -0.4 is 0 Å². The fourth-order valence-corrected chi connectivity index (χ4v) is 6.66. The van der Waals surface area contributed by atoms with E-state index in [0.717, 1.165) is 19.1 Å². The van der Waals surface area contributed by atoms with Crippen molar-refractivity contribution in [1.82, 2.24) is 0 Å². The predicted molar refractivity (Wildman–Crippen MR) is 88.4 cm³/mol. The maximum absolute atomic E-state index is 12.8. The van der Waals surface area contributed by atoms with Crippen molar-refractivity contribution in [2.24, 2.45) is 41.4 Å². The van der Waals surface area contributed by atoms with Gasteiger partial charge in [-0.15, -0.1) is 0 Å².